The molecule has 1 N–H and O–H groups in total. The summed E-state index contributed by atoms with van der Waals surface area (Å²) in [5, 5.41) is 2.54. The van der Waals surface area contributed by atoms with E-state index in [4.69, 9.17) is 9.47 Å². The standard InChI is InChI=1S/C12H24NO6P.C9H15NO3.C3H9O3P/c1-12(2,3)19-11(15)13-8-6-7-10(14)9-20(16,17-4)18-5;1-9(2,3)13-8(12)10-6-4-5-7(10)11;1-5-7(3,4)6-2/h6-9H2,1-5H3,(H,13,15);4-6H2,1-3H3;1-3H3. The molecule has 40 heavy (non-hydrogen) atoms. The number of imide groups is 1. The lowest BCUT2D eigenvalue weighted by atomic mass is 10.2. The number of carbonyl (C=O) groups is 4. The molecule has 16 heteroatoms. The van der Waals surface area contributed by atoms with Crippen LogP contribution >= 0.6 is 15.2 Å². The van der Waals surface area contributed by atoms with Crippen LogP contribution in [0.2, 0.25) is 0 Å². The zero-order valence-electron chi connectivity index (χ0n) is 25.7. The Labute approximate surface area is 238 Å². The van der Waals surface area contributed by atoms with E-state index in [2.05, 4.69) is 23.4 Å². The molecule has 0 bridgehead atoms. The first-order valence-electron chi connectivity index (χ1n) is 12.6. The van der Waals surface area contributed by atoms with Gasteiger partial charge in [0.25, 0.3) is 0 Å². The van der Waals surface area contributed by atoms with Crippen molar-refractivity contribution in [1.82, 2.24) is 10.2 Å². The molecule has 1 saturated heterocycles. The van der Waals surface area contributed by atoms with Gasteiger partial charge >= 0.3 is 27.4 Å². The summed E-state index contributed by atoms with van der Waals surface area (Å²) in [4.78, 5) is 46.5. The Kier molecular flexibility index (Phi) is 18.7. The maximum atomic E-state index is 11.7. The highest BCUT2D eigenvalue weighted by Gasteiger charge is 2.30. The summed E-state index contributed by atoms with van der Waals surface area (Å²) < 4.78 is 50.5. The molecule has 14 nitrogen and oxygen atoms in total. The second kappa shape index (κ2) is 18.6. The maximum Gasteiger partial charge on any atom is 0.417 e. The first-order chi connectivity index (χ1) is 18.1. The van der Waals surface area contributed by atoms with Crippen LogP contribution in [0.25, 0.3) is 0 Å². The molecule has 0 spiro atoms. The minimum atomic E-state index is -3.29. The molecule has 3 amide bonds. The van der Waals surface area contributed by atoms with E-state index in [1.54, 1.807) is 41.5 Å². The molecule has 0 saturated carbocycles. The summed E-state index contributed by atoms with van der Waals surface area (Å²) in [5.74, 6) is -0.364. The van der Waals surface area contributed by atoms with Gasteiger partial charge in [-0.2, -0.15) is 0 Å². The van der Waals surface area contributed by atoms with Gasteiger partial charge in [-0.15, -0.1) is 0 Å². The van der Waals surface area contributed by atoms with Crippen molar-refractivity contribution in [2.45, 2.75) is 78.4 Å². The number of rotatable bonds is 10. The van der Waals surface area contributed by atoms with Crippen LogP contribution in [0, 0.1) is 0 Å². The number of carbonyl (C=O) groups excluding carboxylic acids is 4. The smallest absolute Gasteiger partial charge is 0.417 e. The summed E-state index contributed by atoms with van der Waals surface area (Å²) >= 11 is 0. The lowest BCUT2D eigenvalue weighted by molar-refractivity contribution is -0.127. The number of nitrogens with zero attached hydrogens (tertiary/aromatic N) is 1. The molecule has 0 radical (unpaired) electrons. The maximum absolute atomic E-state index is 11.7. The number of nitrogens with one attached hydrogen (secondary N) is 1. The minimum absolute atomic E-state index is 0.130. The Morgan fingerprint density at radius 2 is 1.38 bits per heavy atom. The van der Waals surface area contributed by atoms with Gasteiger partial charge in [-0.25, -0.2) is 14.5 Å². The average Bonchev–Trinajstić information content (AvgIpc) is 3.26. The van der Waals surface area contributed by atoms with Gasteiger partial charge in [-0.05, 0) is 54.4 Å². The van der Waals surface area contributed by atoms with Crippen LogP contribution in [0.15, 0.2) is 0 Å². The number of hydrogen-bond donors (Lipinski definition) is 1. The Morgan fingerprint density at radius 1 is 0.875 bits per heavy atom. The highest BCUT2D eigenvalue weighted by Crippen LogP contribution is 2.46. The van der Waals surface area contributed by atoms with E-state index in [0.717, 1.165) is 6.42 Å². The lowest BCUT2D eigenvalue weighted by Crippen LogP contribution is -2.37. The summed E-state index contributed by atoms with van der Waals surface area (Å²) in [6, 6.07) is 0. The third-order valence-corrected chi connectivity index (χ3v) is 7.76. The second-order valence-corrected chi connectivity index (χ2v) is 15.0. The highest BCUT2D eigenvalue weighted by molar-refractivity contribution is 7.54. The third-order valence-electron chi connectivity index (χ3n) is 4.58. The summed E-state index contributed by atoms with van der Waals surface area (Å²) in [5.41, 5.74) is -1.08. The predicted octanol–water partition coefficient (Wildman–Crippen LogP) is 4.99. The minimum Gasteiger partial charge on any atom is -0.444 e. The Hall–Kier alpha value is -1.82. The number of Topliss-reactive ketones (excluding diaryl/α,β-unsaturated/α-hetero) is 1. The molecule has 0 unspecified atom stereocenters. The van der Waals surface area contributed by atoms with Gasteiger partial charge in [0.1, 0.15) is 23.1 Å². The monoisotopic (exact) mass is 618 g/mol. The molecule has 1 heterocycles. The van der Waals surface area contributed by atoms with Gasteiger partial charge in [0.15, 0.2) is 0 Å². The molecule has 1 aliphatic rings. The van der Waals surface area contributed by atoms with Crippen molar-refractivity contribution in [3.05, 3.63) is 0 Å². The Balaban J connectivity index is 0. The van der Waals surface area contributed by atoms with Crippen LogP contribution in [0.3, 0.4) is 0 Å². The zero-order valence-corrected chi connectivity index (χ0v) is 27.5. The number of ketones is 1. The quantitative estimate of drug-likeness (QED) is 0.257. The molecule has 1 aliphatic heterocycles. The predicted molar refractivity (Wildman–Crippen MR) is 150 cm³/mol. The highest BCUT2D eigenvalue weighted by atomic mass is 31.2. The normalized spacial score (nSPS) is 13.9. The molecule has 236 valence electrons. The number of alkyl carbamates (subject to hydrolysis) is 1. The number of amides is 3. The van der Waals surface area contributed by atoms with Gasteiger partial charge in [-0.1, -0.05) is 0 Å². The average molecular weight is 619 g/mol. The van der Waals surface area contributed by atoms with Crippen molar-refractivity contribution in [2.75, 3.05) is 54.4 Å². The molecule has 1 rings (SSSR count). The topological polar surface area (TPSA) is 173 Å². The summed E-state index contributed by atoms with van der Waals surface area (Å²) in [6.07, 6.45) is 0.529. The van der Waals surface area contributed by atoms with E-state index in [9.17, 15) is 28.3 Å². The molecule has 0 aromatic rings. The first kappa shape index (κ1) is 40.3. The first-order valence-corrected chi connectivity index (χ1v) is 16.3. The molecule has 0 aromatic heterocycles. The SMILES string of the molecule is CC(C)(C)OC(=O)N1CCCC1=O.COP(=O)(CC(=O)CCCNC(=O)OC(C)(C)C)OC.COP(C)(=O)OC. The third kappa shape index (κ3) is 21.0. The fourth-order valence-corrected chi connectivity index (χ4v) is 3.67. The van der Waals surface area contributed by atoms with Crippen molar-refractivity contribution in [3.63, 3.8) is 0 Å². The number of hydrogen-bond acceptors (Lipinski definition) is 12. The van der Waals surface area contributed by atoms with Crippen LogP contribution in [-0.4, -0.2) is 94.3 Å². The van der Waals surface area contributed by atoms with Crippen LogP contribution in [0.5, 0.6) is 0 Å². The van der Waals surface area contributed by atoms with Gasteiger partial charge in [0.2, 0.25) is 5.91 Å². The van der Waals surface area contributed by atoms with Crippen LogP contribution < -0.4 is 5.32 Å². The Morgan fingerprint density at radius 3 is 1.73 bits per heavy atom. The molecular formula is C24H48N2O12P2. The van der Waals surface area contributed by atoms with Crippen molar-refractivity contribution in [3.8, 4) is 0 Å². The number of ether oxygens (including phenoxy) is 2. The summed E-state index contributed by atoms with van der Waals surface area (Å²) in [7, 11) is -0.770. The molecular weight excluding hydrogens is 570 g/mol. The largest absolute Gasteiger partial charge is 0.444 e. The van der Waals surface area contributed by atoms with Crippen LogP contribution in [-0.2, 0) is 46.3 Å². The van der Waals surface area contributed by atoms with E-state index >= 15 is 0 Å². The van der Waals surface area contributed by atoms with Gasteiger partial charge < -0.3 is 32.9 Å². The van der Waals surface area contributed by atoms with E-state index in [0.29, 0.717) is 25.9 Å². The molecule has 1 fully saturated rings. The van der Waals surface area contributed by atoms with Crippen molar-refractivity contribution in [1.29, 1.82) is 0 Å². The Bertz CT molecular complexity index is 897. The van der Waals surface area contributed by atoms with Crippen molar-refractivity contribution < 1.29 is 55.9 Å². The number of likely N-dealkylation sites (tertiary alicyclic amines) is 1. The molecule has 0 aliphatic carbocycles. The van der Waals surface area contributed by atoms with E-state index in [1.807, 2.05) is 0 Å². The van der Waals surface area contributed by atoms with Crippen LogP contribution in [0.1, 0.15) is 67.2 Å². The van der Waals surface area contributed by atoms with Gasteiger partial charge in [0, 0.05) is 61.0 Å². The van der Waals surface area contributed by atoms with Crippen molar-refractivity contribution in [2.24, 2.45) is 0 Å². The van der Waals surface area contributed by atoms with Gasteiger partial charge in [0.05, 0.1) is 0 Å². The van der Waals surface area contributed by atoms with E-state index < -0.39 is 38.6 Å². The van der Waals surface area contributed by atoms with Gasteiger partial charge in [-0.3, -0.25) is 18.7 Å². The lowest BCUT2D eigenvalue weighted by Gasteiger charge is -2.23. The molecule has 0 atom stereocenters. The van der Waals surface area contributed by atoms with Crippen LogP contribution in [0.4, 0.5) is 9.59 Å². The van der Waals surface area contributed by atoms with E-state index in [1.165, 1.54) is 40.0 Å². The summed E-state index contributed by atoms with van der Waals surface area (Å²) in [6.45, 7) is 12.9. The molecule has 0 aromatic carbocycles. The zero-order chi connectivity index (χ0) is 31.8. The van der Waals surface area contributed by atoms with E-state index in [-0.39, 0.29) is 24.3 Å². The van der Waals surface area contributed by atoms with Crippen molar-refractivity contribution >= 4 is 39.1 Å². The second-order valence-electron chi connectivity index (χ2n) is 10.5. The fourth-order valence-electron chi connectivity index (χ4n) is 2.52. The fraction of sp³-hybridized carbons (Fsp3) is 0.833.